The summed E-state index contributed by atoms with van der Waals surface area (Å²) in [6, 6.07) is -0.223. The molecule has 0 aliphatic carbocycles. The molecule has 104 valence electrons. The second-order valence-electron chi connectivity index (χ2n) is 4.25. The lowest BCUT2D eigenvalue weighted by atomic mass is 10.1. The number of ether oxygens (including phenoxy) is 1. The summed E-state index contributed by atoms with van der Waals surface area (Å²) in [6.07, 6.45) is -1.99. The van der Waals surface area contributed by atoms with Gasteiger partial charge in [-0.15, -0.1) is 0 Å². The summed E-state index contributed by atoms with van der Waals surface area (Å²) < 4.78 is 41.7. The Hall–Kier alpha value is -0.330. The van der Waals surface area contributed by atoms with Crippen LogP contribution in [0.5, 0.6) is 0 Å². The minimum atomic E-state index is -4.15. The number of nitrogens with zero attached hydrogens (tertiary/aromatic N) is 1. The van der Waals surface area contributed by atoms with Crippen LogP contribution < -0.4 is 5.73 Å². The molecular formula is C11H23F3N2O. The molecule has 2 N–H and O–H groups in total. The maximum atomic E-state index is 12.3. The normalized spacial score (nSPS) is 14.3. The van der Waals surface area contributed by atoms with Crippen molar-refractivity contribution in [1.82, 2.24) is 4.90 Å². The topological polar surface area (TPSA) is 38.5 Å². The fourth-order valence-corrected chi connectivity index (χ4v) is 1.72. The van der Waals surface area contributed by atoms with E-state index in [9.17, 15) is 13.2 Å². The van der Waals surface area contributed by atoms with E-state index in [-0.39, 0.29) is 12.6 Å². The van der Waals surface area contributed by atoms with Gasteiger partial charge < -0.3 is 10.5 Å². The summed E-state index contributed by atoms with van der Waals surface area (Å²) in [5.74, 6) is 0. The molecule has 0 bridgehead atoms. The fourth-order valence-electron chi connectivity index (χ4n) is 1.72. The molecule has 0 radical (unpaired) electrons. The van der Waals surface area contributed by atoms with Crippen LogP contribution in [0.25, 0.3) is 0 Å². The van der Waals surface area contributed by atoms with E-state index >= 15 is 0 Å². The first kappa shape index (κ1) is 16.7. The van der Waals surface area contributed by atoms with Crippen molar-refractivity contribution in [1.29, 1.82) is 0 Å². The predicted octanol–water partition coefficient (Wildman–Crippen LogP) is 2.01. The number of hydrogen-bond acceptors (Lipinski definition) is 3. The van der Waals surface area contributed by atoms with Crippen molar-refractivity contribution in [3.05, 3.63) is 0 Å². The lowest BCUT2D eigenvalue weighted by molar-refractivity contribution is -0.146. The van der Waals surface area contributed by atoms with Gasteiger partial charge in [0.1, 0.15) is 0 Å². The summed E-state index contributed by atoms with van der Waals surface area (Å²) in [4.78, 5) is 1.37. The highest BCUT2D eigenvalue weighted by Gasteiger charge is 2.30. The molecule has 1 atom stereocenters. The highest BCUT2D eigenvalue weighted by Crippen LogP contribution is 2.17. The second kappa shape index (κ2) is 8.72. The minimum absolute atomic E-state index is 0.223. The van der Waals surface area contributed by atoms with E-state index < -0.39 is 12.7 Å². The third kappa shape index (κ3) is 10.5. The first-order valence-electron chi connectivity index (χ1n) is 5.92. The maximum Gasteiger partial charge on any atom is 0.401 e. The molecule has 1 unspecified atom stereocenters. The van der Waals surface area contributed by atoms with E-state index in [0.717, 1.165) is 6.42 Å². The lowest BCUT2D eigenvalue weighted by Crippen LogP contribution is -2.42. The number of methoxy groups -OCH3 is 1. The van der Waals surface area contributed by atoms with Crippen LogP contribution in [-0.4, -0.2) is 50.5 Å². The van der Waals surface area contributed by atoms with Gasteiger partial charge in [-0.3, -0.25) is 4.90 Å². The Morgan fingerprint density at radius 2 is 2.00 bits per heavy atom. The van der Waals surface area contributed by atoms with Crippen LogP contribution in [0.2, 0.25) is 0 Å². The van der Waals surface area contributed by atoms with Crippen molar-refractivity contribution in [3.63, 3.8) is 0 Å². The molecule has 0 saturated carbocycles. The molecule has 0 spiro atoms. The van der Waals surface area contributed by atoms with Crippen molar-refractivity contribution in [2.24, 2.45) is 5.73 Å². The number of nitrogens with two attached hydrogens (primary N) is 1. The lowest BCUT2D eigenvalue weighted by Gasteiger charge is -2.26. The molecule has 0 fully saturated rings. The van der Waals surface area contributed by atoms with Crippen LogP contribution in [0.1, 0.15) is 26.2 Å². The van der Waals surface area contributed by atoms with Crippen LogP contribution >= 0.6 is 0 Å². The molecule has 0 aromatic rings. The van der Waals surface area contributed by atoms with Crippen molar-refractivity contribution in [2.45, 2.75) is 38.4 Å². The van der Waals surface area contributed by atoms with Gasteiger partial charge in [0.05, 0.1) is 6.54 Å². The molecule has 0 aliphatic heterocycles. The Kier molecular flexibility index (Phi) is 8.55. The Bertz CT molecular complexity index is 188. The highest BCUT2D eigenvalue weighted by molar-refractivity contribution is 4.70. The Labute approximate surface area is 101 Å². The third-order valence-electron chi connectivity index (χ3n) is 2.36. The third-order valence-corrected chi connectivity index (χ3v) is 2.36. The van der Waals surface area contributed by atoms with Crippen molar-refractivity contribution < 1.29 is 17.9 Å². The Morgan fingerprint density at radius 3 is 2.47 bits per heavy atom. The minimum Gasteiger partial charge on any atom is -0.385 e. The van der Waals surface area contributed by atoms with Gasteiger partial charge in [-0.2, -0.15) is 13.2 Å². The molecule has 0 aromatic carbocycles. The second-order valence-corrected chi connectivity index (χ2v) is 4.25. The van der Waals surface area contributed by atoms with Crippen molar-refractivity contribution >= 4 is 0 Å². The fraction of sp³-hybridized carbons (Fsp3) is 1.00. The zero-order chi connectivity index (χ0) is 13.3. The van der Waals surface area contributed by atoms with E-state index in [2.05, 4.69) is 0 Å². The average Bonchev–Trinajstić information content (AvgIpc) is 2.15. The highest BCUT2D eigenvalue weighted by atomic mass is 19.4. The largest absolute Gasteiger partial charge is 0.401 e. The SMILES string of the molecule is CCCN(CC(N)CCCOC)CC(F)(F)F. The zero-order valence-corrected chi connectivity index (χ0v) is 10.6. The average molecular weight is 256 g/mol. The van der Waals surface area contributed by atoms with E-state index in [1.54, 1.807) is 7.11 Å². The van der Waals surface area contributed by atoms with Gasteiger partial charge in [0, 0.05) is 26.3 Å². The Morgan fingerprint density at radius 1 is 1.35 bits per heavy atom. The number of alkyl halides is 3. The summed E-state index contributed by atoms with van der Waals surface area (Å²) in [5.41, 5.74) is 5.80. The molecule has 0 rings (SSSR count). The quantitative estimate of drug-likeness (QED) is 0.641. The molecule has 0 saturated heterocycles. The molecule has 0 heterocycles. The maximum absolute atomic E-state index is 12.3. The monoisotopic (exact) mass is 256 g/mol. The van der Waals surface area contributed by atoms with E-state index in [1.807, 2.05) is 6.92 Å². The number of halogens is 3. The standard InChI is InChI=1S/C11H23F3N2O/c1-3-6-16(9-11(12,13)14)8-10(15)5-4-7-17-2/h10H,3-9,15H2,1-2H3. The number of hydrogen-bond donors (Lipinski definition) is 1. The molecule has 0 aromatic heterocycles. The van der Waals surface area contributed by atoms with Gasteiger partial charge in [0.15, 0.2) is 0 Å². The van der Waals surface area contributed by atoms with Crippen LogP contribution in [0.3, 0.4) is 0 Å². The number of rotatable bonds is 9. The van der Waals surface area contributed by atoms with Gasteiger partial charge in [0.25, 0.3) is 0 Å². The van der Waals surface area contributed by atoms with E-state index in [0.29, 0.717) is 26.0 Å². The van der Waals surface area contributed by atoms with Crippen LogP contribution in [0, 0.1) is 0 Å². The molecule has 6 heteroatoms. The van der Waals surface area contributed by atoms with E-state index in [1.165, 1.54) is 4.90 Å². The van der Waals surface area contributed by atoms with Gasteiger partial charge in [-0.05, 0) is 25.8 Å². The summed E-state index contributed by atoms with van der Waals surface area (Å²) >= 11 is 0. The van der Waals surface area contributed by atoms with Crippen molar-refractivity contribution in [2.75, 3.05) is 33.4 Å². The van der Waals surface area contributed by atoms with Gasteiger partial charge >= 0.3 is 6.18 Å². The summed E-state index contributed by atoms with van der Waals surface area (Å²) in [5, 5.41) is 0. The summed E-state index contributed by atoms with van der Waals surface area (Å²) in [6.45, 7) is 2.30. The molecule has 3 nitrogen and oxygen atoms in total. The van der Waals surface area contributed by atoms with E-state index in [4.69, 9.17) is 10.5 Å². The first-order chi connectivity index (χ1) is 7.89. The smallest absolute Gasteiger partial charge is 0.385 e. The van der Waals surface area contributed by atoms with Crippen LogP contribution in [-0.2, 0) is 4.74 Å². The molecule has 17 heavy (non-hydrogen) atoms. The van der Waals surface area contributed by atoms with Crippen molar-refractivity contribution in [3.8, 4) is 0 Å². The van der Waals surface area contributed by atoms with Gasteiger partial charge in [0.2, 0.25) is 0 Å². The van der Waals surface area contributed by atoms with Crippen LogP contribution in [0.4, 0.5) is 13.2 Å². The predicted molar refractivity (Wildman–Crippen MR) is 61.9 cm³/mol. The molecular weight excluding hydrogens is 233 g/mol. The van der Waals surface area contributed by atoms with Gasteiger partial charge in [-0.1, -0.05) is 6.92 Å². The first-order valence-corrected chi connectivity index (χ1v) is 5.92. The van der Waals surface area contributed by atoms with Gasteiger partial charge in [-0.25, -0.2) is 0 Å². The summed E-state index contributed by atoms with van der Waals surface area (Å²) in [7, 11) is 1.60. The van der Waals surface area contributed by atoms with Crippen LogP contribution in [0.15, 0.2) is 0 Å². The molecule has 0 amide bonds. The molecule has 0 aliphatic rings. The zero-order valence-electron chi connectivity index (χ0n) is 10.6. The Balaban J connectivity index is 3.97.